The molecule has 1 nitrogen and oxygen atoms in total. The molecule has 0 aliphatic heterocycles. The summed E-state index contributed by atoms with van der Waals surface area (Å²) in [6, 6.07) is 15.7. The molecule has 5 unspecified atom stereocenters. The highest BCUT2D eigenvalue weighted by Crippen LogP contribution is 2.70. The van der Waals surface area contributed by atoms with Crippen molar-refractivity contribution < 1.29 is 0 Å². The second-order valence-corrected chi connectivity index (χ2v) is 7.57. The Bertz CT molecular complexity index is 670. The summed E-state index contributed by atoms with van der Waals surface area (Å²) in [5.74, 6) is 4.88. The molecule has 0 saturated heterocycles. The van der Waals surface area contributed by atoms with E-state index in [4.69, 9.17) is 5.73 Å². The average molecular weight is 277 g/mol. The van der Waals surface area contributed by atoms with Gasteiger partial charge in [-0.3, -0.25) is 0 Å². The quantitative estimate of drug-likeness (QED) is 0.901. The lowest BCUT2D eigenvalue weighted by Crippen LogP contribution is -2.28. The van der Waals surface area contributed by atoms with E-state index in [0.29, 0.717) is 6.04 Å². The Morgan fingerprint density at radius 1 is 0.952 bits per heavy atom. The van der Waals surface area contributed by atoms with Crippen LogP contribution in [0.5, 0.6) is 0 Å². The Hall–Kier alpha value is -1.34. The van der Waals surface area contributed by atoms with E-state index in [2.05, 4.69) is 42.5 Å². The van der Waals surface area contributed by atoms with Crippen molar-refractivity contribution in [2.75, 3.05) is 0 Å². The number of rotatable bonds is 3. The number of fused-ring (bicyclic) bond motifs is 6. The first-order valence-corrected chi connectivity index (χ1v) is 8.55. The zero-order valence-corrected chi connectivity index (χ0v) is 12.4. The Morgan fingerprint density at radius 3 is 2.48 bits per heavy atom. The van der Waals surface area contributed by atoms with E-state index in [1.165, 1.54) is 35.6 Å². The van der Waals surface area contributed by atoms with E-state index in [1.54, 1.807) is 0 Å². The van der Waals surface area contributed by atoms with Gasteiger partial charge < -0.3 is 5.73 Å². The van der Waals surface area contributed by atoms with Crippen molar-refractivity contribution in [1.29, 1.82) is 0 Å². The summed E-state index contributed by atoms with van der Waals surface area (Å²) in [5, 5.41) is 2.74. The summed E-state index contributed by atoms with van der Waals surface area (Å²) in [5.41, 5.74) is 8.09. The molecule has 2 aromatic rings. The van der Waals surface area contributed by atoms with Gasteiger partial charge in [-0.05, 0) is 71.6 Å². The Kier molecular flexibility index (Phi) is 2.52. The van der Waals surface area contributed by atoms with Crippen LogP contribution in [0.3, 0.4) is 0 Å². The molecule has 0 amide bonds. The molecule has 3 fully saturated rings. The molecule has 5 rings (SSSR count). The first-order valence-electron chi connectivity index (χ1n) is 8.55. The van der Waals surface area contributed by atoms with Crippen molar-refractivity contribution in [1.82, 2.24) is 0 Å². The lowest BCUT2D eigenvalue weighted by atomic mass is 9.92. The molecular weight excluding hydrogens is 254 g/mol. The summed E-state index contributed by atoms with van der Waals surface area (Å²) in [6.07, 6.45) is 5.55. The van der Waals surface area contributed by atoms with Crippen molar-refractivity contribution in [2.24, 2.45) is 35.3 Å². The molecular formula is C20H23N. The highest BCUT2D eigenvalue weighted by molar-refractivity contribution is 5.85. The predicted molar refractivity (Wildman–Crippen MR) is 86.9 cm³/mol. The topological polar surface area (TPSA) is 26.0 Å². The molecule has 2 bridgehead atoms. The van der Waals surface area contributed by atoms with Crippen LogP contribution in [0, 0.1) is 29.6 Å². The second kappa shape index (κ2) is 4.33. The predicted octanol–water partition coefficient (Wildman–Crippen LogP) is 4.00. The van der Waals surface area contributed by atoms with Crippen molar-refractivity contribution in [2.45, 2.75) is 31.7 Å². The second-order valence-electron chi connectivity index (χ2n) is 7.57. The van der Waals surface area contributed by atoms with Crippen molar-refractivity contribution >= 4 is 10.8 Å². The monoisotopic (exact) mass is 277 g/mol. The molecule has 3 saturated carbocycles. The van der Waals surface area contributed by atoms with Crippen LogP contribution in [0.15, 0.2) is 42.5 Å². The highest BCUT2D eigenvalue weighted by Gasteiger charge is 2.65. The van der Waals surface area contributed by atoms with Gasteiger partial charge in [-0.1, -0.05) is 42.5 Å². The average Bonchev–Trinajstić information content (AvgIpc) is 2.96. The van der Waals surface area contributed by atoms with Gasteiger partial charge in [0.1, 0.15) is 0 Å². The van der Waals surface area contributed by atoms with Crippen molar-refractivity contribution in [3.8, 4) is 0 Å². The van der Waals surface area contributed by atoms with Crippen LogP contribution in [0.4, 0.5) is 0 Å². The maximum absolute atomic E-state index is 6.64. The van der Waals surface area contributed by atoms with Gasteiger partial charge in [-0.2, -0.15) is 0 Å². The number of nitrogens with two attached hydrogens (primary N) is 1. The van der Waals surface area contributed by atoms with Crippen LogP contribution in [-0.4, -0.2) is 6.04 Å². The maximum atomic E-state index is 6.64. The Balaban J connectivity index is 1.40. The molecule has 2 N–H and O–H groups in total. The van der Waals surface area contributed by atoms with E-state index in [-0.39, 0.29) is 0 Å². The van der Waals surface area contributed by atoms with Crippen molar-refractivity contribution in [3.05, 3.63) is 48.0 Å². The number of hydrogen-bond acceptors (Lipinski definition) is 1. The summed E-state index contributed by atoms with van der Waals surface area (Å²) < 4.78 is 0. The minimum atomic E-state index is 0.370. The van der Waals surface area contributed by atoms with Crippen LogP contribution >= 0.6 is 0 Å². The molecule has 5 atom stereocenters. The highest BCUT2D eigenvalue weighted by atomic mass is 14.8. The lowest BCUT2D eigenvalue weighted by molar-refractivity contribution is 0.410. The van der Waals surface area contributed by atoms with Gasteiger partial charge in [0.05, 0.1) is 0 Å². The smallest absolute Gasteiger partial charge is 0.0114 e. The normalized spacial score (nSPS) is 37.7. The standard InChI is InChI=1S/C20H23N/c21-17(20-18-14-8-9-15(10-14)19(18)20)11-13-6-3-5-12-4-1-2-7-16(12)13/h1-7,14-15,17-20H,8-11,21H2. The van der Waals surface area contributed by atoms with Crippen LogP contribution < -0.4 is 5.73 Å². The molecule has 0 spiro atoms. The van der Waals surface area contributed by atoms with E-state index in [1.807, 2.05) is 0 Å². The van der Waals surface area contributed by atoms with E-state index < -0.39 is 0 Å². The van der Waals surface area contributed by atoms with Gasteiger partial charge in [-0.15, -0.1) is 0 Å². The largest absolute Gasteiger partial charge is 0.327 e. The van der Waals surface area contributed by atoms with Gasteiger partial charge in [0.15, 0.2) is 0 Å². The van der Waals surface area contributed by atoms with Crippen LogP contribution in [0.1, 0.15) is 24.8 Å². The molecule has 3 aliphatic carbocycles. The summed E-state index contributed by atoms with van der Waals surface area (Å²) in [6.45, 7) is 0. The molecule has 3 aliphatic rings. The molecule has 21 heavy (non-hydrogen) atoms. The first kappa shape index (κ1) is 12.2. The summed E-state index contributed by atoms with van der Waals surface area (Å²) in [4.78, 5) is 0. The van der Waals surface area contributed by atoms with Crippen LogP contribution in [-0.2, 0) is 6.42 Å². The summed E-state index contributed by atoms with van der Waals surface area (Å²) >= 11 is 0. The zero-order chi connectivity index (χ0) is 14.0. The summed E-state index contributed by atoms with van der Waals surface area (Å²) in [7, 11) is 0. The fraction of sp³-hybridized carbons (Fsp3) is 0.500. The fourth-order valence-corrected chi connectivity index (χ4v) is 5.83. The van der Waals surface area contributed by atoms with Crippen LogP contribution in [0.25, 0.3) is 10.8 Å². The Morgan fingerprint density at radius 2 is 1.67 bits per heavy atom. The van der Waals surface area contributed by atoms with E-state index in [9.17, 15) is 0 Å². The Labute approximate surface area is 126 Å². The molecule has 108 valence electrons. The minimum absolute atomic E-state index is 0.370. The van der Waals surface area contributed by atoms with Crippen LogP contribution in [0.2, 0.25) is 0 Å². The van der Waals surface area contributed by atoms with Gasteiger partial charge in [0, 0.05) is 6.04 Å². The van der Waals surface area contributed by atoms with Gasteiger partial charge in [0.25, 0.3) is 0 Å². The van der Waals surface area contributed by atoms with E-state index in [0.717, 1.165) is 36.0 Å². The van der Waals surface area contributed by atoms with Gasteiger partial charge >= 0.3 is 0 Å². The number of hydrogen-bond donors (Lipinski definition) is 1. The SMILES string of the molecule is NC(Cc1cccc2ccccc12)C1C2C3CCC(C3)C12. The lowest BCUT2D eigenvalue weighted by Gasteiger charge is -2.17. The van der Waals surface area contributed by atoms with Gasteiger partial charge in [0.2, 0.25) is 0 Å². The molecule has 0 aromatic heterocycles. The minimum Gasteiger partial charge on any atom is -0.327 e. The third-order valence-electron chi connectivity index (χ3n) is 6.62. The fourth-order valence-electron chi connectivity index (χ4n) is 5.83. The third-order valence-corrected chi connectivity index (χ3v) is 6.62. The zero-order valence-electron chi connectivity index (χ0n) is 12.4. The molecule has 0 heterocycles. The molecule has 1 heteroatoms. The van der Waals surface area contributed by atoms with Gasteiger partial charge in [-0.25, -0.2) is 0 Å². The maximum Gasteiger partial charge on any atom is 0.0114 e. The first-order chi connectivity index (χ1) is 10.3. The third kappa shape index (κ3) is 1.73. The molecule has 2 aromatic carbocycles. The number of benzene rings is 2. The molecule has 0 radical (unpaired) electrons. The van der Waals surface area contributed by atoms with Crippen molar-refractivity contribution in [3.63, 3.8) is 0 Å². The van der Waals surface area contributed by atoms with E-state index >= 15 is 0 Å².